The van der Waals surface area contributed by atoms with E-state index >= 15 is 0 Å². The van der Waals surface area contributed by atoms with E-state index < -0.39 is 0 Å². The maximum absolute atomic E-state index is 12.9. The third kappa shape index (κ3) is 3.27. The molecule has 0 bridgehead atoms. The lowest BCUT2D eigenvalue weighted by atomic mass is 10.1. The second kappa shape index (κ2) is 6.31. The number of amides is 2. The van der Waals surface area contributed by atoms with Crippen molar-refractivity contribution in [1.29, 1.82) is 0 Å². The molecule has 0 spiro atoms. The van der Waals surface area contributed by atoms with Gasteiger partial charge in [0.05, 0.1) is 0 Å². The standard InChI is InChI=1S/C20H19FN2O2/c21-17-6-1-13(2-7-17)12-22-19(24)16-5-8-18-15(11-16)9-10-23(18)20(25)14-3-4-14/h1-2,5-8,11,14H,3-4,9-10,12H2,(H,22,24). The molecule has 0 aromatic heterocycles. The van der Waals surface area contributed by atoms with Crippen molar-refractivity contribution < 1.29 is 14.0 Å². The summed E-state index contributed by atoms with van der Waals surface area (Å²) in [4.78, 5) is 26.5. The number of nitrogens with one attached hydrogen (secondary N) is 1. The molecule has 128 valence electrons. The minimum atomic E-state index is -0.293. The second-order valence-corrected chi connectivity index (χ2v) is 6.67. The average Bonchev–Trinajstić information content (AvgIpc) is 3.39. The predicted molar refractivity (Wildman–Crippen MR) is 92.8 cm³/mol. The van der Waals surface area contributed by atoms with Gasteiger partial charge < -0.3 is 10.2 Å². The molecule has 1 saturated carbocycles. The van der Waals surface area contributed by atoms with Gasteiger partial charge in [0.2, 0.25) is 5.91 Å². The molecule has 2 aliphatic rings. The molecule has 2 aromatic rings. The van der Waals surface area contributed by atoms with Crippen molar-refractivity contribution in [2.45, 2.75) is 25.8 Å². The Labute approximate surface area is 145 Å². The van der Waals surface area contributed by atoms with Crippen LogP contribution in [-0.2, 0) is 17.8 Å². The minimum Gasteiger partial charge on any atom is -0.348 e. The SMILES string of the molecule is O=C(NCc1ccc(F)cc1)c1ccc2c(c1)CCN2C(=O)C1CC1. The first-order chi connectivity index (χ1) is 12.1. The second-order valence-electron chi connectivity index (χ2n) is 6.67. The fourth-order valence-electron chi connectivity index (χ4n) is 3.21. The molecule has 1 N–H and O–H groups in total. The molecule has 4 nitrogen and oxygen atoms in total. The first-order valence-electron chi connectivity index (χ1n) is 8.59. The van der Waals surface area contributed by atoms with Gasteiger partial charge in [-0.05, 0) is 60.7 Å². The fourth-order valence-corrected chi connectivity index (χ4v) is 3.21. The summed E-state index contributed by atoms with van der Waals surface area (Å²) in [5, 5.41) is 2.85. The largest absolute Gasteiger partial charge is 0.348 e. The summed E-state index contributed by atoms with van der Waals surface area (Å²) in [6, 6.07) is 11.6. The Bertz CT molecular complexity index is 828. The van der Waals surface area contributed by atoms with Crippen LogP contribution in [0.5, 0.6) is 0 Å². The van der Waals surface area contributed by atoms with Crippen LogP contribution >= 0.6 is 0 Å². The number of carbonyl (C=O) groups is 2. The van der Waals surface area contributed by atoms with Gasteiger partial charge in [-0.15, -0.1) is 0 Å². The number of nitrogens with zero attached hydrogens (tertiary/aromatic N) is 1. The van der Waals surface area contributed by atoms with E-state index in [4.69, 9.17) is 0 Å². The van der Waals surface area contributed by atoms with E-state index in [1.807, 2.05) is 17.0 Å². The number of fused-ring (bicyclic) bond motifs is 1. The Hall–Kier alpha value is -2.69. The van der Waals surface area contributed by atoms with E-state index in [1.54, 1.807) is 18.2 Å². The van der Waals surface area contributed by atoms with E-state index in [0.717, 1.165) is 36.1 Å². The smallest absolute Gasteiger partial charge is 0.251 e. The lowest BCUT2D eigenvalue weighted by Crippen LogP contribution is -2.30. The fraction of sp³-hybridized carbons (Fsp3) is 0.300. The summed E-state index contributed by atoms with van der Waals surface area (Å²) >= 11 is 0. The molecule has 1 aliphatic carbocycles. The predicted octanol–water partition coefficient (Wildman–Crippen LogP) is 3.05. The number of carbonyl (C=O) groups excluding carboxylic acids is 2. The Morgan fingerprint density at radius 2 is 1.88 bits per heavy atom. The van der Waals surface area contributed by atoms with Crippen LogP contribution < -0.4 is 10.2 Å². The van der Waals surface area contributed by atoms with Crippen LogP contribution in [0.25, 0.3) is 0 Å². The van der Waals surface area contributed by atoms with E-state index in [1.165, 1.54) is 12.1 Å². The van der Waals surface area contributed by atoms with E-state index in [0.29, 0.717) is 18.7 Å². The van der Waals surface area contributed by atoms with Crippen molar-refractivity contribution in [2.75, 3.05) is 11.4 Å². The molecule has 0 saturated heterocycles. The normalized spacial score (nSPS) is 15.8. The van der Waals surface area contributed by atoms with E-state index in [-0.39, 0.29) is 23.5 Å². The molecule has 2 amide bonds. The lowest BCUT2D eigenvalue weighted by Gasteiger charge is -2.17. The molecule has 1 fully saturated rings. The number of hydrogen-bond acceptors (Lipinski definition) is 2. The number of benzene rings is 2. The number of halogens is 1. The van der Waals surface area contributed by atoms with Crippen LogP contribution in [-0.4, -0.2) is 18.4 Å². The Morgan fingerprint density at radius 1 is 1.12 bits per heavy atom. The van der Waals surface area contributed by atoms with Crippen molar-refractivity contribution in [1.82, 2.24) is 5.32 Å². The summed E-state index contributed by atoms with van der Waals surface area (Å²) in [7, 11) is 0. The molecule has 0 atom stereocenters. The molecule has 1 heterocycles. The Morgan fingerprint density at radius 3 is 2.60 bits per heavy atom. The molecule has 25 heavy (non-hydrogen) atoms. The quantitative estimate of drug-likeness (QED) is 0.931. The zero-order valence-corrected chi connectivity index (χ0v) is 13.8. The molecule has 0 radical (unpaired) electrons. The molecular formula is C20H19FN2O2. The van der Waals surface area contributed by atoms with Crippen molar-refractivity contribution in [3.63, 3.8) is 0 Å². The summed E-state index contributed by atoms with van der Waals surface area (Å²) in [6.45, 7) is 1.05. The highest BCUT2D eigenvalue weighted by Gasteiger charge is 2.36. The van der Waals surface area contributed by atoms with Gasteiger partial charge in [-0.25, -0.2) is 4.39 Å². The van der Waals surface area contributed by atoms with Crippen LogP contribution in [0.1, 0.15) is 34.3 Å². The van der Waals surface area contributed by atoms with Gasteiger partial charge >= 0.3 is 0 Å². The molecule has 5 heteroatoms. The number of hydrogen-bond donors (Lipinski definition) is 1. The average molecular weight is 338 g/mol. The topological polar surface area (TPSA) is 49.4 Å². The van der Waals surface area contributed by atoms with Crippen LogP contribution in [0.15, 0.2) is 42.5 Å². The highest BCUT2D eigenvalue weighted by Crippen LogP contribution is 2.36. The molecule has 1 aliphatic heterocycles. The maximum atomic E-state index is 12.9. The van der Waals surface area contributed by atoms with Gasteiger partial charge in [0.1, 0.15) is 5.82 Å². The Kier molecular flexibility index (Phi) is 3.99. The molecule has 0 unspecified atom stereocenters. The van der Waals surface area contributed by atoms with E-state index in [9.17, 15) is 14.0 Å². The minimum absolute atomic E-state index is 0.168. The summed E-state index contributed by atoms with van der Waals surface area (Å²) in [6.07, 6.45) is 2.77. The summed E-state index contributed by atoms with van der Waals surface area (Å²) in [5.74, 6) is -0.0463. The zero-order chi connectivity index (χ0) is 17.4. The van der Waals surface area contributed by atoms with Crippen LogP contribution in [0.4, 0.5) is 10.1 Å². The number of rotatable bonds is 4. The molecule has 2 aromatic carbocycles. The van der Waals surface area contributed by atoms with Gasteiger partial charge in [-0.2, -0.15) is 0 Å². The monoisotopic (exact) mass is 338 g/mol. The van der Waals surface area contributed by atoms with Crippen molar-refractivity contribution in [3.05, 3.63) is 65.0 Å². The van der Waals surface area contributed by atoms with E-state index in [2.05, 4.69) is 5.32 Å². The third-order valence-corrected chi connectivity index (χ3v) is 4.80. The highest BCUT2D eigenvalue weighted by atomic mass is 19.1. The van der Waals surface area contributed by atoms with Crippen molar-refractivity contribution in [2.24, 2.45) is 5.92 Å². The maximum Gasteiger partial charge on any atom is 0.251 e. The van der Waals surface area contributed by atoms with Crippen LogP contribution in [0, 0.1) is 11.7 Å². The van der Waals surface area contributed by atoms with Gasteiger partial charge in [0, 0.05) is 30.3 Å². The van der Waals surface area contributed by atoms with Gasteiger partial charge in [-0.1, -0.05) is 12.1 Å². The number of anilines is 1. The van der Waals surface area contributed by atoms with Gasteiger partial charge in [0.15, 0.2) is 0 Å². The first kappa shape index (κ1) is 15.8. The van der Waals surface area contributed by atoms with Crippen molar-refractivity contribution in [3.8, 4) is 0 Å². The highest BCUT2D eigenvalue weighted by molar-refractivity contribution is 6.00. The van der Waals surface area contributed by atoms with Gasteiger partial charge in [-0.3, -0.25) is 9.59 Å². The molecular weight excluding hydrogens is 319 g/mol. The van der Waals surface area contributed by atoms with Crippen molar-refractivity contribution >= 4 is 17.5 Å². The first-order valence-corrected chi connectivity index (χ1v) is 8.59. The third-order valence-electron chi connectivity index (χ3n) is 4.80. The molecule has 4 rings (SSSR count). The lowest BCUT2D eigenvalue weighted by molar-refractivity contribution is -0.119. The van der Waals surface area contributed by atoms with Crippen LogP contribution in [0.2, 0.25) is 0 Å². The van der Waals surface area contributed by atoms with Gasteiger partial charge in [0.25, 0.3) is 5.91 Å². The summed E-state index contributed by atoms with van der Waals surface area (Å²) < 4.78 is 12.9. The zero-order valence-electron chi connectivity index (χ0n) is 13.8. The summed E-state index contributed by atoms with van der Waals surface area (Å²) in [5.41, 5.74) is 3.41. The van der Waals surface area contributed by atoms with Crippen LogP contribution in [0.3, 0.4) is 0 Å². The Balaban J connectivity index is 1.43.